The Kier molecular flexibility index (Phi) is 4.04. The Labute approximate surface area is 134 Å². The molecule has 2 aromatic heterocycles. The van der Waals surface area contributed by atoms with Gasteiger partial charge in [-0.05, 0) is 29.7 Å². The van der Waals surface area contributed by atoms with Crippen molar-refractivity contribution in [2.24, 2.45) is 5.41 Å². The monoisotopic (exact) mass is 319 g/mol. The molecule has 1 atom stereocenters. The summed E-state index contributed by atoms with van der Waals surface area (Å²) in [5.74, 6) is 1.27. The van der Waals surface area contributed by atoms with Gasteiger partial charge in [0.05, 0.1) is 4.88 Å². The Balaban J connectivity index is 1.77. The molecule has 0 radical (unpaired) electrons. The minimum atomic E-state index is -0.0731. The highest BCUT2D eigenvalue weighted by Gasteiger charge is 2.35. The Morgan fingerprint density at radius 2 is 2.27 bits per heavy atom. The van der Waals surface area contributed by atoms with Gasteiger partial charge in [0, 0.05) is 13.0 Å². The van der Waals surface area contributed by atoms with Gasteiger partial charge in [-0.25, -0.2) is 0 Å². The van der Waals surface area contributed by atoms with E-state index in [1.807, 2.05) is 22.4 Å². The molecule has 0 aliphatic carbocycles. The summed E-state index contributed by atoms with van der Waals surface area (Å²) in [7, 11) is 0. The molecule has 3 heterocycles. The number of nitrogens with zero attached hydrogens (tertiary/aromatic N) is 3. The van der Waals surface area contributed by atoms with Crippen molar-refractivity contribution >= 4 is 17.2 Å². The number of hydrogen-bond acceptors (Lipinski definition) is 5. The predicted molar refractivity (Wildman–Crippen MR) is 85.4 cm³/mol. The van der Waals surface area contributed by atoms with E-state index in [2.05, 4.69) is 31.0 Å². The third-order valence-electron chi connectivity index (χ3n) is 3.71. The molecular formula is C16H21N3O2S. The van der Waals surface area contributed by atoms with Crippen LogP contribution in [0.2, 0.25) is 0 Å². The van der Waals surface area contributed by atoms with Crippen molar-refractivity contribution < 1.29 is 9.21 Å². The molecule has 5 nitrogen and oxygen atoms in total. The van der Waals surface area contributed by atoms with Gasteiger partial charge in [-0.3, -0.25) is 4.79 Å². The lowest BCUT2D eigenvalue weighted by Gasteiger charge is -2.26. The molecule has 1 aliphatic rings. The zero-order chi connectivity index (χ0) is 15.7. The second kappa shape index (κ2) is 5.83. The van der Waals surface area contributed by atoms with Gasteiger partial charge in [0.2, 0.25) is 11.8 Å². The molecule has 2 aromatic rings. The number of aromatic nitrogens is 2. The van der Waals surface area contributed by atoms with Gasteiger partial charge in [0.1, 0.15) is 6.04 Å². The topological polar surface area (TPSA) is 59.2 Å². The van der Waals surface area contributed by atoms with Crippen LogP contribution in [-0.2, 0) is 4.79 Å². The maximum absolute atomic E-state index is 12.5. The van der Waals surface area contributed by atoms with E-state index in [-0.39, 0.29) is 17.4 Å². The number of carbonyl (C=O) groups excluding carboxylic acids is 1. The molecular weight excluding hydrogens is 298 g/mol. The summed E-state index contributed by atoms with van der Waals surface area (Å²) in [6, 6.07) is 3.84. The van der Waals surface area contributed by atoms with Crippen molar-refractivity contribution in [3.8, 4) is 10.8 Å². The minimum Gasteiger partial charge on any atom is -0.418 e. The van der Waals surface area contributed by atoms with Gasteiger partial charge >= 0.3 is 0 Å². The predicted octanol–water partition coefficient (Wildman–Crippen LogP) is 3.90. The summed E-state index contributed by atoms with van der Waals surface area (Å²) in [6.45, 7) is 7.02. The van der Waals surface area contributed by atoms with E-state index < -0.39 is 0 Å². The summed E-state index contributed by atoms with van der Waals surface area (Å²) < 4.78 is 5.82. The van der Waals surface area contributed by atoms with Gasteiger partial charge in [-0.1, -0.05) is 26.8 Å². The third-order valence-corrected chi connectivity index (χ3v) is 4.57. The number of likely N-dealkylation sites (tertiary alicyclic amines) is 1. The lowest BCUT2D eigenvalue weighted by atomic mass is 9.91. The lowest BCUT2D eigenvalue weighted by Crippen LogP contribution is -2.33. The molecule has 118 valence electrons. The van der Waals surface area contributed by atoms with E-state index in [1.165, 1.54) is 0 Å². The molecule has 0 aromatic carbocycles. The van der Waals surface area contributed by atoms with Crippen molar-refractivity contribution in [1.29, 1.82) is 0 Å². The molecule has 0 N–H and O–H groups in total. The van der Waals surface area contributed by atoms with Crippen molar-refractivity contribution in [2.45, 2.75) is 46.1 Å². The molecule has 6 heteroatoms. The van der Waals surface area contributed by atoms with E-state index in [9.17, 15) is 4.79 Å². The molecule has 1 fully saturated rings. The highest BCUT2D eigenvalue weighted by Crippen LogP contribution is 2.35. The summed E-state index contributed by atoms with van der Waals surface area (Å²) in [6.07, 6.45) is 2.41. The lowest BCUT2D eigenvalue weighted by molar-refractivity contribution is -0.134. The molecule has 0 bridgehead atoms. The fraction of sp³-hybridized carbons (Fsp3) is 0.562. The second-order valence-electron chi connectivity index (χ2n) is 6.91. The van der Waals surface area contributed by atoms with Gasteiger partial charge in [-0.15, -0.1) is 21.5 Å². The van der Waals surface area contributed by atoms with Gasteiger partial charge in [0.15, 0.2) is 0 Å². The number of hydrogen-bond donors (Lipinski definition) is 0. The van der Waals surface area contributed by atoms with E-state index in [0.29, 0.717) is 18.2 Å². The summed E-state index contributed by atoms with van der Waals surface area (Å²) >= 11 is 1.57. The molecule has 0 saturated carbocycles. The fourth-order valence-corrected chi connectivity index (χ4v) is 3.39. The van der Waals surface area contributed by atoms with Crippen LogP contribution in [0.15, 0.2) is 21.9 Å². The molecule has 1 saturated heterocycles. The smallest absolute Gasteiger partial charge is 0.257 e. The van der Waals surface area contributed by atoms with E-state index in [0.717, 1.165) is 24.3 Å². The highest BCUT2D eigenvalue weighted by molar-refractivity contribution is 7.13. The Morgan fingerprint density at radius 1 is 1.45 bits per heavy atom. The number of rotatable bonds is 3. The third kappa shape index (κ3) is 3.21. The van der Waals surface area contributed by atoms with E-state index in [4.69, 9.17) is 4.42 Å². The summed E-state index contributed by atoms with van der Waals surface area (Å²) in [4.78, 5) is 15.4. The molecule has 1 amide bonds. The minimum absolute atomic E-state index is 0.0127. The Hall–Kier alpha value is -1.69. The SMILES string of the molecule is CC(C)(C)CC(=O)N1CCCC1c1nnc(-c2cccs2)o1. The molecule has 22 heavy (non-hydrogen) atoms. The van der Waals surface area contributed by atoms with Crippen molar-refractivity contribution in [1.82, 2.24) is 15.1 Å². The van der Waals surface area contributed by atoms with E-state index in [1.54, 1.807) is 11.3 Å². The number of carbonyl (C=O) groups is 1. The fourth-order valence-electron chi connectivity index (χ4n) is 2.75. The van der Waals surface area contributed by atoms with Crippen molar-refractivity contribution in [2.75, 3.05) is 6.54 Å². The first kappa shape index (κ1) is 15.2. The first-order valence-corrected chi connectivity index (χ1v) is 8.49. The normalized spacial score (nSPS) is 18.9. The van der Waals surface area contributed by atoms with Crippen molar-refractivity contribution in [3.05, 3.63) is 23.4 Å². The second-order valence-corrected chi connectivity index (χ2v) is 7.85. The van der Waals surface area contributed by atoms with Crippen LogP contribution >= 0.6 is 11.3 Å². The number of thiophene rings is 1. The summed E-state index contributed by atoms with van der Waals surface area (Å²) in [5.41, 5.74) is -0.0127. The van der Waals surface area contributed by atoms with Crippen LogP contribution in [0.3, 0.4) is 0 Å². The van der Waals surface area contributed by atoms with Crippen LogP contribution in [0.25, 0.3) is 10.8 Å². The van der Waals surface area contributed by atoms with Crippen molar-refractivity contribution in [3.63, 3.8) is 0 Å². The maximum atomic E-state index is 12.5. The standard InChI is InChI=1S/C16H21N3O2S/c1-16(2,3)10-13(20)19-8-4-6-11(19)14-17-18-15(21-14)12-7-5-9-22-12/h5,7,9,11H,4,6,8,10H2,1-3H3. The van der Waals surface area contributed by atoms with Crippen LogP contribution < -0.4 is 0 Å². The van der Waals surface area contributed by atoms with E-state index >= 15 is 0 Å². The zero-order valence-electron chi connectivity index (χ0n) is 13.2. The van der Waals surface area contributed by atoms with Gasteiger partial charge in [0.25, 0.3) is 5.89 Å². The highest BCUT2D eigenvalue weighted by atomic mass is 32.1. The van der Waals surface area contributed by atoms with Crippen LogP contribution in [0, 0.1) is 5.41 Å². The van der Waals surface area contributed by atoms with Crippen LogP contribution in [0.5, 0.6) is 0 Å². The van der Waals surface area contributed by atoms with Crippen LogP contribution in [0.1, 0.15) is 52.0 Å². The van der Waals surface area contributed by atoms with Gasteiger partial charge < -0.3 is 9.32 Å². The zero-order valence-corrected chi connectivity index (χ0v) is 14.0. The number of amides is 1. The summed E-state index contributed by atoms with van der Waals surface area (Å²) in [5, 5.41) is 10.3. The molecule has 1 unspecified atom stereocenters. The molecule has 1 aliphatic heterocycles. The quantitative estimate of drug-likeness (QED) is 0.861. The Bertz CT molecular complexity index is 643. The molecule has 3 rings (SSSR count). The van der Waals surface area contributed by atoms with Crippen LogP contribution in [0.4, 0.5) is 0 Å². The first-order chi connectivity index (χ1) is 10.4. The average Bonchev–Trinajstić information content (AvgIpc) is 3.17. The van der Waals surface area contributed by atoms with Gasteiger partial charge in [-0.2, -0.15) is 0 Å². The average molecular weight is 319 g/mol. The largest absolute Gasteiger partial charge is 0.418 e. The Morgan fingerprint density at radius 3 is 2.95 bits per heavy atom. The maximum Gasteiger partial charge on any atom is 0.257 e. The first-order valence-electron chi connectivity index (χ1n) is 7.61. The van der Waals surface area contributed by atoms with Crippen LogP contribution in [-0.4, -0.2) is 27.5 Å². The molecule has 0 spiro atoms.